The Morgan fingerprint density at radius 2 is 2.25 bits per heavy atom. The Balaban J connectivity index is 3.71. The molecule has 0 saturated carbocycles. The number of hydrogen-bond donors (Lipinski definition) is 2. The molecule has 8 heteroatoms. The molecule has 5 nitrogen and oxygen atoms in total. The molecule has 74 valence electrons. The number of unbranched alkanes of at least 4 members (excludes halogenated alkanes) is 1. The highest BCUT2D eigenvalue weighted by molar-refractivity contribution is 8.09. The van der Waals surface area contributed by atoms with Gasteiger partial charge >= 0.3 is 8.25 Å². The van der Waals surface area contributed by atoms with Crippen molar-refractivity contribution in [3.63, 3.8) is 0 Å². The Morgan fingerprint density at radius 1 is 1.67 bits per heavy atom. The van der Waals surface area contributed by atoms with Crippen molar-refractivity contribution in [2.24, 2.45) is 0 Å². The highest BCUT2D eigenvalue weighted by Gasteiger charge is 2.15. The van der Waals surface area contributed by atoms with Crippen LogP contribution in [0.2, 0.25) is 0 Å². The van der Waals surface area contributed by atoms with E-state index in [1.54, 1.807) is 0 Å². The van der Waals surface area contributed by atoms with Gasteiger partial charge < -0.3 is 9.79 Å². The largest absolute Gasteiger partial charge is 0.345 e. The molecule has 0 aromatic heterocycles. The predicted octanol–water partition coefficient (Wildman–Crippen LogP) is 1.42. The Morgan fingerprint density at radius 3 is 2.67 bits per heavy atom. The Kier molecular flexibility index (Phi) is 6.59. The van der Waals surface area contributed by atoms with Crippen LogP contribution in [0.5, 0.6) is 0 Å². The lowest BCUT2D eigenvalue weighted by Crippen LogP contribution is -1.92. The summed E-state index contributed by atoms with van der Waals surface area (Å²) in [7, 11) is -3.16. The molecule has 0 spiro atoms. The van der Waals surface area contributed by atoms with Crippen LogP contribution in [0, 0.1) is 0 Å². The zero-order chi connectivity index (χ0) is 9.61. The first-order valence-electron chi connectivity index (χ1n) is 3.39. The SMILES string of the molecule is CCCCP(O)(=S)OO[PH](=O)O. The summed E-state index contributed by atoms with van der Waals surface area (Å²) in [6.07, 6.45) is 1.88. The van der Waals surface area contributed by atoms with E-state index in [4.69, 9.17) is 4.89 Å². The summed E-state index contributed by atoms with van der Waals surface area (Å²) >= 11 is 4.61. The summed E-state index contributed by atoms with van der Waals surface area (Å²) in [6.45, 7) is -1.05. The fraction of sp³-hybridized carbons (Fsp3) is 1.00. The fourth-order valence-electron chi connectivity index (χ4n) is 0.485. The van der Waals surface area contributed by atoms with Gasteiger partial charge in [-0.05, 0) is 18.2 Å². The van der Waals surface area contributed by atoms with Gasteiger partial charge in [0, 0.05) is 6.16 Å². The lowest BCUT2D eigenvalue weighted by molar-refractivity contribution is -0.101. The van der Waals surface area contributed by atoms with E-state index in [0.717, 1.165) is 6.42 Å². The lowest BCUT2D eigenvalue weighted by atomic mass is 10.4. The van der Waals surface area contributed by atoms with Crippen LogP contribution in [-0.4, -0.2) is 15.9 Å². The molecule has 0 aliphatic carbocycles. The van der Waals surface area contributed by atoms with E-state index in [-0.39, 0.29) is 0 Å². The highest BCUT2D eigenvalue weighted by Crippen LogP contribution is 2.45. The molecule has 0 bridgehead atoms. The first-order chi connectivity index (χ1) is 5.48. The lowest BCUT2D eigenvalue weighted by Gasteiger charge is -2.11. The van der Waals surface area contributed by atoms with Gasteiger partial charge in [-0.3, -0.25) is 4.57 Å². The van der Waals surface area contributed by atoms with Crippen LogP contribution >= 0.6 is 14.7 Å². The smallest absolute Gasteiger partial charge is 0.343 e. The summed E-state index contributed by atoms with van der Waals surface area (Å²) in [6, 6.07) is 0. The van der Waals surface area contributed by atoms with Crippen LogP contribution in [0.25, 0.3) is 0 Å². The molecule has 2 N–H and O–H groups in total. The van der Waals surface area contributed by atoms with E-state index in [9.17, 15) is 9.46 Å². The minimum absolute atomic E-state index is 0.300. The minimum Gasteiger partial charge on any atom is -0.343 e. The summed E-state index contributed by atoms with van der Waals surface area (Å²) < 4.78 is 18.2. The van der Waals surface area contributed by atoms with Gasteiger partial charge in [0.1, 0.15) is 0 Å². The van der Waals surface area contributed by atoms with Crippen molar-refractivity contribution in [1.29, 1.82) is 0 Å². The molecule has 0 aromatic carbocycles. The number of hydrogen-bond acceptors (Lipinski definition) is 4. The standard InChI is InChI=1S/C4H12O5P2S/c1-2-3-4-11(7,12)9-8-10(5)6/h10H,2-4H2,1H3,(H,5,6)(H,7,12). The molecule has 0 aromatic rings. The van der Waals surface area contributed by atoms with Crippen molar-refractivity contribution < 1.29 is 23.7 Å². The summed E-state index contributed by atoms with van der Waals surface area (Å²) in [5, 5.41) is 0. The van der Waals surface area contributed by atoms with E-state index in [1.165, 1.54) is 0 Å². The van der Waals surface area contributed by atoms with Gasteiger partial charge in [0.15, 0.2) is 0 Å². The zero-order valence-electron chi connectivity index (χ0n) is 6.60. The molecule has 0 radical (unpaired) electrons. The second-order valence-electron chi connectivity index (χ2n) is 2.14. The van der Waals surface area contributed by atoms with E-state index < -0.39 is 14.7 Å². The first-order valence-corrected chi connectivity index (χ1v) is 7.51. The quantitative estimate of drug-likeness (QED) is 0.411. The molecule has 2 unspecified atom stereocenters. The van der Waals surface area contributed by atoms with Gasteiger partial charge in [-0.2, -0.15) is 4.67 Å². The molecular weight excluding hydrogens is 222 g/mol. The minimum atomic E-state index is -3.16. The zero-order valence-corrected chi connectivity index (χ0v) is 9.31. The van der Waals surface area contributed by atoms with Crippen molar-refractivity contribution >= 4 is 26.6 Å². The summed E-state index contributed by atoms with van der Waals surface area (Å²) in [4.78, 5) is 17.4. The molecule has 0 rings (SSSR count). The van der Waals surface area contributed by atoms with E-state index >= 15 is 0 Å². The van der Waals surface area contributed by atoms with Crippen LogP contribution in [0.3, 0.4) is 0 Å². The van der Waals surface area contributed by atoms with Crippen LogP contribution < -0.4 is 0 Å². The monoisotopic (exact) mass is 234 g/mol. The van der Waals surface area contributed by atoms with Crippen LogP contribution in [0.1, 0.15) is 19.8 Å². The second-order valence-corrected chi connectivity index (χ2v) is 6.42. The second kappa shape index (κ2) is 6.22. The maximum atomic E-state index is 10.0. The molecule has 0 fully saturated rings. The molecule has 12 heavy (non-hydrogen) atoms. The molecule has 2 atom stereocenters. The molecule has 0 aliphatic heterocycles. The third-order valence-electron chi connectivity index (χ3n) is 1.02. The normalized spacial score (nSPS) is 18.6. The third kappa shape index (κ3) is 7.37. The fourth-order valence-corrected chi connectivity index (χ4v) is 2.66. The van der Waals surface area contributed by atoms with Crippen molar-refractivity contribution in [2.75, 3.05) is 6.16 Å². The summed E-state index contributed by atoms with van der Waals surface area (Å²) in [5.74, 6) is 0. The van der Waals surface area contributed by atoms with Gasteiger partial charge in [-0.25, -0.2) is 0 Å². The average molecular weight is 234 g/mol. The Bertz CT molecular complexity index is 196. The molecule has 0 aliphatic rings. The van der Waals surface area contributed by atoms with Gasteiger partial charge in [0.05, 0.1) is 0 Å². The number of rotatable bonds is 6. The van der Waals surface area contributed by atoms with Crippen molar-refractivity contribution in [1.82, 2.24) is 0 Å². The van der Waals surface area contributed by atoms with Crippen molar-refractivity contribution in [2.45, 2.75) is 19.8 Å². The topological polar surface area (TPSA) is 76.0 Å². The van der Waals surface area contributed by atoms with E-state index in [0.29, 0.717) is 12.6 Å². The molecule has 0 amide bonds. The Hall–Kier alpha value is 0.720. The van der Waals surface area contributed by atoms with Gasteiger partial charge in [0.25, 0.3) is 0 Å². The van der Waals surface area contributed by atoms with Gasteiger partial charge in [0.2, 0.25) is 6.49 Å². The maximum Gasteiger partial charge on any atom is 0.345 e. The average Bonchev–Trinajstić information content (AvgIpc) is 1.98. The first kappa shape index (κ1) is 12.7. The Labute approximate surface area is 76.8 Å². The van der Waals surface area contributed by atoms with E-state index in [2.05, 4.69) is 21.2 Å². The molecule has 0 heterocycles. The van der Waals surface area contributed by atoms with Gasteiger partial charge in [-0.1, -0.05) is 13.3 Å². The van der Waals surface area contributed by atoms with E-state index in [1.807, 2.05) is 6.92 Å². The van der Waals surface area contributed by atoms with Crippen LogP contribution in [-0.2, 0) is 25.7 Å². The van der Waals surface area contributed by atoms with Crippen LogP contribution in [0.4, 0.5) is 0 Å². The van der Waals surface area contributed by atoms with Crippen molar-refractivity contribution in [3.8, 4) is 0 Å². The summed E-state index contributed by atoms with van der Waals surface area (Å²) in [5.41, 5.74) is 0. The third-order valence-corrected chi connectivity index (χ3v) is 3.30. The van der Waals surface area contributed by atoms with Crippen LogP contribution in [0.15, 0.2) is 0 Å². The van der Waals surface area contributed by atoms with Gasteiger partial charge in [-0.15, -0.1) is 4.67 Å². The van der Waals surface area contributed by atoms with Crippen molar-refractivity contribution in [3.05, 3.63) is 0 Å². The highest BCUT2D eigenvalue weighted by atomic mass is 32.5. The maximum absolute atomic E-state index is 10.0. The predicted molar refractivity (Wildman–Crippen MR) is 49.7 cm³/mol. The molecule has 0 saturated heterocycles. The molecular formula is C4H12O5P2S.